The minimum absolute atomic E-state index is 0.402. The molecule has 2 N–H and O–H groups in total. The molecular formula is C13H17BN2O3. The molecule has 0 saturated carbocycles. The molecule has 19 heavy (non-hydrogen) atoms. The van der Waals surface area contributed by atoms with Crippen molar-refractivity contribution in [3.8, 4) is 5.75 Å². The first-order valence-corrected chi connectivity index (χ1v) is 6.22. The summed E-state index contributed by atoms with van der Waals surface area (Å²) in [5, 5.41) is 22.6. The molecule has 0 spiro atoms. The summed E-state index contributed by atoms with van der Waals surface area (Å²) in [6, 6.07) is 8.74. The van der Waals surface area contributed by atoms with Crippen molar-refractivity contribution >= 4 is 12.6 Å². The van der Waals surface area contributed by atoms with Crippen LogP contribution in [0.4, 0.5) is 0 Å². The molecule has 0 unspecified atom stereocenters. The highest BCUT2D eigenvalue weighted by atomic mass is 16.5. The zero-order valence-corrected chi connectivity index (χ0v) is 11.1. The third-order valence-electron chi connectivity index (χ3n) is 2.83. The van der Waals surface area contributed by atoms with Gasteiger partial charge in [0.2, 0.25) is 0 Å². The summed E-state index contributed by atoms with van der Waals surface area (Å²) in [5.41, 5.74) is 2.37. The van der Waals surface area contributed by atoms with Gasteiger partial charge < -0.3 is 14.8 Å². The quantitative estimate of drug-likeness (QED) is 0.767. The lowest BCUT2D eigenvalue weighted by molar-refractivity contribution is 0.292. The van der Waals surface area contributed by atoms with E-state index in [1.54, 1.807) is 24.3 Å². The average molecular weight is 260 g/mol. The van der Waals surface area contributed by atoms with E-state index < -0.39 is 7.12 Å². The van der Waals surface area contributed by atoms with Gasteiger partial charge in [-0.3, -0.25) is 4.68 Å². The van der Waals surface area contributed by atoms with Crippen molar-refractivity contribution in [3.05, 3.63) is 41.7 Å². The molecule has 100 valence electrons. The summed E-state index contributed by atoms with van der Waals surface area (Å²) in [6.45, 7) is 5.17. The van der Waals surface area contributed by atoms with E-state index in [1.165, 1.54) is 0 Å². The number of hydrogen-bond acceptors (Lipinski definition) is 4. The van der Waals surface area contributed by atoms with Crippen molar-refractivity contribution in [2.24, 2.45) is 0 Å². The second-order valence-corrected chi connectivity index (χ2v) is 4.33. The molecule has 5 nitrogen and oxygen atoms in total. The number of ether oxygens (including phenoxy) is 1. The van der Waals surface area contributed by atoms with Crippen LogP contribution in [-0.2, 0) is 13.2 Å². The van der Waals surface area contributed by atoms with E-state index in [1.807, 2.05) is 24.6 Å². The van der Waals surface area contributed by atoms with Gasteiger partial charge >= 0.3 is 7.12 Å². The van der Waals surface area contributed by atoms with Crippen LogP contribution in [0.3, 0.4) is 0 Å². The van der Waals surface area contributed by atoms with Crippen molar-refractivity contribution in [2.75, 3.05) is 0 Å². The van der Waals surface area contributed by atoms with E-state index in [4.69, 9.17) is 14.8 Å². The van der Waals surface area contributed by atoms with Gasteiger partial charge in [-0.05, 0) is 37.5 Å². The standard InChI is InChI=1S/C13H17BN2O3/c1-3-16-12(7-10(2)15-16)9-19-13-6-4-5-11(8-13)14(17)18/h4-8,17-18H,3,9H2,1-2H3. The van der Waals surface area contributed by atoms with Crippen molar-refractivity contribution in [1.29, 1.82) is 0 Å². The molecule has 1 heterocycles. The van der Waals surface area contributed by atoms with Crippen LogP contribution >= 0.6 is 0 Å². The Kier molecular flexibility index (Phi) is 4.24. The molecule has 0 atom stereocenters. The monoisotopic (exact) mass is 260 g/mol. The van der Waals surface area contributed by atoms with Crippen LogP contribution < -0.4 is 10.2 Å². The van der Waals surface area contributed by atoms with E-state index in [0.29, 0.717) is 17.8 Å². The van der Waals surface area contributed by atoms with E-state index in [0.717, 1.165) is 17.9 Å². The van der Waals surface area contributed by atoms with Gasteiger partial charge in [-0.25, -0.2) is 0 Å². The molecule has 6 heteroatoms. The second-order valence-electron chi connectivity index (χ2n) is 4.33. The topological polar surface area (TPSA) is 67.5 Å². The maximum Gasteiger partial charge on any atom is 0.488 e. The third-order valence-corrected chi connectivity index (χ3v) is 2.83. The van der Waals surface area contributed by atoms with Crippen molar-refractivity contribution < 1.29 is 14.8 Å². The Morgan fingerprint density at radius 3 is 2.79 bits per heavy atom. The zero-order chi connectivity index (χ0) is 13.8. The van der Waals surface area contributed by atoms with E-state index in [-0.39, 0.29) is 0 Å². The summed E-state index contributed by atoms with van der Waals surface area (Å²) >= 11 is 0. The van der Waals surface area contributed by atoms with Crippen LogP contribution in [0.2, 0.25) is 0 Å². The predicted molar refractivity (Wildman–Crippen MR) is 73.2 cm³/mol. The summed E-state index contributed by atoms with van der Waals surface area (Å²) in [5.74, 6) is 0.604. The Morgan fingerprint density at radius 2 is 2.11 bits per heavy atom. The largest absolute Gasteiger partial charge is 0.488 e. The molecule has 0 aliphatic heterocycles. The molecule has 0 aliphatic carbocycles. The Labute approximate surface area is 112 Å². The highest BCUT2D eigenvalue weighted by Gasteiger charge is 2.11. The molecular weight excluding hydrogens is 243 g/mol. The first-order valence-electron chi connectivity index (χ1n) is 6.22. The lowest BCUT2D eigenvalue weighted by Gasteiger charge is -2.09. The van der Waals surface area contributed by atoms with Crippen LogP contribution in [0.5, 0.6) is 5.75 Å². The maximum atomic E-state index is 9.10. The Morgan fingerprint density at radius 1 is 1.32 bits per heavy atom. The fourth-order valence-corrected chi connectivity index (χ4v) is 1.91. The zero-order valence-electron chi connectivity index (χ0n) is 11.1. The lowest BCUT2D eigenvalue weighted by Crippen LogP contribution is -2.29. The number of benzene rings is 1. The fourth-order valence-electron chi connectivity index (χ4n) is 1.91. The van der Waals surface area contributed by atoms with Gasteiger partial charge in [0.25, 0.3) is 0 Å². The highest BCUT2D eigenvalue weighted by molar-refractivity contribution is 6.58. The molecule has 0 fully saturated rings. The van der Waals surface area contributed by atoms with Crippen LogP contribution in [0.25, 0.3) is 0 Å². The van der Waals surface area contributed by atoms with Crippen LogP contribution in [0.1, 0.15) is 18.3 Å². The number of aryl methyl sites for hydroxylation is 2. The second kappa shape index (κ2) is 5.90. The maximum absolute atomic E-state index is 9.10. The Balaban J connectivity index is 2.07. The van der Waals surface area contributed by atoms with E-state index in [2.05, 4.69) is 5.10 Å². The van der Waals surface area contributed by atoms with Gasteiger partial charge in [-0.1, -0.05) is 12.1 Å². The van der Waals surface area contributed by atoms with Gasteiger partial charge in [-0.15, -0.1) is 0 Å². The minimum atomic E-state index is -1.48. The molecule has 2 rings (SSSR count). The smallest absolute Gasteiger partial charge is 0.487 e. The SMILES string of the molecule is CCn1nc(C)cc1COc1cccc(B(O)O)c1. The normalized spacial score (nSPS) is 10.5. The van der Waals surface area contributed by atoms with Gasteiger partial charge in [0.1, 0.15) is 12.4 Å². The molecule has 0 amide bonds. The molecule has 0 aliphatic rings. The number of rotatable bonds is 5. The van der Waals surface area contributed by atoms with E-state index in [9.17, 15) is 0 Å². The fraction of sp³-hybridized carbons (Fsp3) is 0.308. The lowest BCUT2D eigenvalue weighted by atomic mass is 9.80. The Hall–Kier alpha value is -1.79. The van der Waals surface area contributed by atoms with Gasteiger partial charge in [0, 0.05) is 6.54 Å². The van der Waals surface area contributed by atoms with Crippen molar-refractivity contribution in [2.45, 2.75) is 27.0 Å². The summed E-state index contributed by atoms with van der Waals surface area (Å²) in [4.78, 5) is 0. The van der Waals surface area contributed by atoms with Crippen molar-refractivity contribution in [1.82, 2.24) is 9.78 Å². The third kappa shape index (κ3) is 3.36. The number of nitrogens with zero attached hydrogens (tertiary/aromatic N) is 2. The predicted octanol–water partition coefficient (Wildman–Crippen LogP) is 0.470. The summed E-state index contributed by atoms with van der Waals surface area (Å²) < 4.78 is 7.54. The average Bonchev–Trinajstić information content (AvgIpc) is 2.77. The van der Waals surface area contributed by atoms with Crippen LogP contribution in [0.15, 0.2) is 30.3 Å². The molecule has 1 aromatic heterocycles. The molecule has 1 aromatic carbocycles. The number of aromatic nitrogens is 2. The molecule has 0 bridgehead atoms. The number of hydrogen-bond donors (Lipinski definition) is 2. The molecule has 0 saturated heterocycles. The molecule has 2 aromatic rings. The van der Waals surface area contributed by atoms with Crippen LogP contribution in [-0.4, -0.2) is 26.9 Å². The first kappa shape index (κ1) is 13.6. The Bertz CT molecular complexity index is 555. The highest BCUT2D eigenvalue weighted by Crippen LogP contribution is 2.12. The molecule has 0 radical (unpaired) electrons. The van der Waals surface area contributed by atoms with E-state index >= 15 is 0 Å². The first-order chi connectivity index (χ1) is 9.10. The van der Waals surface area contributed by atoms with Gasteiger partial charge in [-0.2, -0.15) is 5.10 Å². The summed E-state index contributed by atoms with van der Waals surface area (Å²) in [6.07, 6.45) is 0. The van der Waals surface area contributed by atoms with Gasteiger partial charge in [0.05, 0.1) is 11.4 Å². The minimum Gasteiger partial charge on any atom is -0.487 e. The van der Waals surface area contributed by atoms with Crippen molar-refractivity contribution in [3.63, 3.8) is 0 Å². The van der Waals surface area contributed by atoms with Crippen LogP contribution in [0, 0.1) is 6.92 Å². The van der Waals surface area contributed by atoms with Gasteiger partial charge in [0.15, 0.2) is 0 Å². The summed E-state index contributed by atoms with van der Waals surface area (Å²) in [7, 11) is -1.48.